The zero-order valence-electron chi connectivity index (χ0n) is 16.6. The van der Waals surface area contributed by atoms with Gasteiger partial charge in [-0.2, -0.15) is 0 Å². The predicted octanol–water partition coefficient (Wildman–Crippen LogP) is -0.234. The van der Waals surface area contributed by atoms with Gasteiger partial charge in [0.25, 0.3) is 0 Å². The maximum atomic E-state index is 10.8. The number of nitrogens with two attached hydrogens (primary N) is 1. The number of aliphatic hydroxyl groups is 3. The van der Waals surface area contributed by atoms with E-state index >= 15 is 0 Å². The van der Waals surface area contributed by atoms with E-state index in [4.69, 9.17) is 19.9 Å². The van der Waals surface area contributed by atoms with Crippen LogP contribution < -0.4 is 5.73 Å². The van der Waals surface area contributed by atoms with E-state index in [-0.39, 0.29) is 5.82 Å². The Labute approximate surface area is 168 Å². The average Bonchev–Trinajstić information content (AvgIpc) is 3.16. The summed E-state index contributed by atoms with van der Waals surface area (Å²) >= 11 is 0. The van der Waals surface area contributed by atoms with Crippen LogP contribution in [-0.2, 0) is 14.2 Å². The molecule has 0 saturated carbocycles. The molecule has 2 aromatic heterocycles. The summed E-state index contributed by atoms with van der Waals surface area (Å²) < 4.78 is 18.1. The topological polar surface area (TPSA) is 145 Å². The van der Waals surface area contributed by atoms with E-state index in [9.17, 15) is 15.3 Å². The fraction of sp³-hybridized carbons (Fsp3) is 0.579. The van der Waals surface area contributed by atoms with E-state index < -0.39 is 36.9 Å². The Morgan fingerprint density at radius 2 is 2.03 bits per heavy atom. The first-order valence-corrected chi connectivity index (χ1v) is 9.37. The number of aromatic nitrogens is 3. The summed E-state index contributed by atoms with van der Waals surface area (Å²) in [4.78, 5) is 8.28. The summed E-state index contributed by atoms with van der Waals surface area (Å²) in [5, 5.41) is 31.0. The van der Waals surface area contributed by atoms with Crippen LogP contribution in [-0.4, -0.2) is 73.8 Å². The van der Waals surface area contributed by atoms with Crippen molar-refractivity contribution in [2.24, 2.45) is 0 Å². The lowest BCUT2D eigenvalue weighted by Gasteiger charge is -2.27. The summed E-state index contributed by atoms with van der Waals surface area (Å²) in [6, 6.07) is 0. The monoisotopic (exact) mass is 406 g/mol. The van der Waals surface area contributed by atoms with E-state index in [1.807, 2.05) is 13.8 Å². The van der Waals surface area contributed by atoms with Crippen LogP contribution in [0.3, 0.4) is 0 Å². The number of aliphatic hydroxyl groups excluding tert-OH is 2. The van der Waals surface area contributed by atoms with Gasteiger partial charge in [0, 0.05) is 19.4 Å². The molecule has 1 aliphatic rings. The zero-order chi connectivity index (χ0) is 21.2. The third-order valence-electron chi connectivity index (χ3n) is 4.79. The molecule has 3 unspecified atom stereocenters. The molecule has 3 rings (SSSR count). The molecule has 1 saturated heterocycles. The molecule has 0 spiro atoms. The molecule has 0 aromatic carbocycles. The Balaban J connectivity index is 2.09. The van der Waals surface area contributed by atoms with Crippen molar-refractivity contribution < 1.29 is 29.5 Å². The van der Waals surface area contributed by atoms with Gasteiger partial charge in [-0.3, -0.25) is 0 Å². The second-order valence-electron chi connectivity index (χ2n) is 6.80. The predicted molar refractivity (Wildman–Crippen MR) is 103 cm³/mol. The Hall–Kier alpha value is -2.26. The van der Waals surface area contributed by atoms with Crippen molar-refractivity contribution in [3.63, 3.8) is 0 Å². The first-order chi connectivity index (χ1) is 13.8. The summed E-state index contributed by atoms with van der Waals surface area (Å²) in [7, 11) is 0. The summed E-state index contributed by atoms with van der Waals surface area (Å²) in [5.74, 6) is 6.08. The Morgan fingerprint density at radius 1 is 1.34 bits per heavy atom. The van der Waals surface area contributed by atoms with Crippen molar-refractivity contribution in [2.45, 2.75) is 51.1 Å². The molecular formula is C19H26N4O6. The standard InChI is InChI=1S/C19H26N4O6/c1-4-27-13(28-5-2)7-6-11-8-23(17-14(11)16(20)21-10-22-17)18-19(3,26)15(25)12(9-24)29-18/h8,10,12-13,15,18,24-26H,4-5,9H2,1-3H3,(H2,20,21,22)/t12?,15-,18?,19?/m1/s1. The molecule has 0 radical (unpaired) electrons. The molecule has 1 aliphatic heterocycles. The van der Waals surface area contributed by atoms with Crippen LogP contribution in [0.5, 0.6) is 0 Å². The van der Waals surface area contributed by atoms with Crippen LogP contribution in [0.4, 0.5) is 5.82 Å². The number of rotatable bonds is 6. The molecule has 29 heavy (non-hydrogen) atoms. The van der Waals surface area contributed by atoms with Gasteiger partial charge in [-0.05, 0) is 26.7 Å². The summed E-state index contributed by atoms with van der Waals surface area (Å²) in [6.07, 6.45) is -1.05. The number of hydrogen-bond acceptors (Lipinski definition) is 9. The lowest BCUT2D eigenvalue weighted by atomic mass is 9.96. The Bertz CT molecular complexity index is 913. The average molecular weight is 406 g/mol. The van der Waals surface area contributed by atoms with Crippen LogP contribution in [0.25, 0.3) is 11.0 Å². The number of hydrogen-bond donors (Lipinski definition) is 4. The van der Waals surface area contributed by atoms with Gasteiger partial charge in [-0.25, -0.2) is 9.97 Å². The molecule has 10 heteroatoms. The van der Waals surface area contributed by atoms with Gasteiger partial charge in [-0.15, -0.1) is 0 Å². The van der Waals surface area contributed by atoms with Crippen molar-refractivity contribution in [1.29, 1.82) is 0 Å². The largest absolute Gasteiger partial charge is 0.394 e. The van der Waals surface area contributed by atoms with Crippen LogP contribution in [0.2, 0.25) is 0 Å². The summed E-state index contributed by atoms with van der Waals surface area (Å²) in [5.41, 5.74) is 5.24. The molecule has 158 valence electrons. The second-order valence-corrected chi connectivity index (χ2v) is 6.80. The Morgan fingerprint density at radius 3 is 2.62 bits per heavy atom. The molecule has 5 N–H and O–H groups in total. The lowest BCUT2D eigenvalue weighted by Crippen LogP contribution is -2.44. The molecule has 0 aliphatic carbocycles. The van der Waals surface area contributed by atoms with Crippen molar-refractivity contribution in [3.8, 4) is 11.8 Å². The van der Waals surface area contributed by atoms with Gasteiger partial charge in [-0.1, -0.05) is 5.92 Å². The quantitative estimate of drug-likeness (QED) is 0.377. The van der Waals surface area contributed by atoms with Gasteiger partial charge >= 0.3 is 0 Å². The molecule has 0 bridgehead atoms. The van der Waals surface area contributed by atoms with Crippen LogP contribution >= 0.6 is 0 Å². The van der Waals surface area contributed by atoms with E-state index in [1.165, 1.54) is 17.8 Å². The molecule has 4 atom stereocenters. The zero-order valence-corrected chi connectivity index (χ0v) is 16.6. The van der Waals surface area contributed by atoms with Crippen molar-refractivity contribution in [2.75, 3.05) is 25.6 Å². The number of anilines is 1. The highest BCUT2D eigenvalue weighted by atomic mass is 16.7. The van der Waals surface area contributed by atoms with Gasteiger partial charge in [0.1, 0.15) is 35.6 Å². The van der Waals surface area contributed by atoms with Crippen LogP contribution in [0.1, 0.15) is 32.6 Å². The maximum Gasteiger partial charge on any atom is 0.222 e. The van der Waals surface area contributed by atoms with Crippen molar-refractivity contribution >= 4 is 16.9 Å². The number of fused-ring (bicyclic) bond motifs is 1. The third kappa shape index (κ3) is 3.93. The van der Waals surface area contributed by atoms with E-state index in [0.29, 0.717) is 29.8 Å². The van der Waals surface area contributed by atoms with Crippen molar-refractivity contribution in [1.82, 2.24) is 14.5 Å². The minimum absolute atomic E-state index is 0.208. The smallest absolute Gasteiger partial charge is 0.222 e. The van der Waals surface area contributed by atoms with E-state index in [2.05, 4.69) is 21.8 Å². The lowest BCUT2D eigenvalue weighted by molar-refractivity contribution is -0.0970. The molecular weight excluding hydrogens is 380 g/mol. The molecule has 1 fully saturated rings. The highest BCUT2D eigenvalue weighted by molar-refractivity contribution is 5.92. The molecule has 3 heterocycles. The van der Waals surface area contributed by atoms with Crippen LogP contribution in [0, 0.1) is 11.8 Å². The fourth-order valence-corrected chi connectivity index (χ4v) is 3.34. The number of nitrogen functional groups attached to an aromatic ring is 1. The third-order valence-corrected chi connectivity index (χ3v) is 4.79. The Kier molecular flexibility index (Phi) is 6.38. The van der Waals surface area contributed by atoms with E-state index in [1.54, 1.807) is 6.20 Å². The molecule has 2 aromatic rings. The normalized spacial score (nSPS) is 26.8. The SMILES string of the molecule is CCOC(C#Cc1cn(C2OC(CO)[C@@H](O)C2(C)O)c2ncnc(N)c12)OCC. The maximum absolute atomic E-state index is 10.8. The minimum atomic E-state index is -1.68. The second kappa shape index (κ2) is 8.62. The van der Waals surface area contributed by atoms with Gasteiger partial charge in [0.2, 0.25) is 6.29 Å². The number of ether oxygens (including phenoxy) is 3. The first-order valence-electron chi connectivity index (χ1n) is 9.37. The van der Waals surface area contributed by atoms with Gasteiger partial charge in [0.15, 0.2) is 6.23 Å². The minimum Gasteiger partial charge on any atom is -0.394 e. The fourth-order valence-electron chi connectivity index (χ4n) is 3.34. The number of nitrogens with zero attached hydrogens (tertiary/aromatic N) is 3. The molecule has 10 nitrogen and oxygen atoms in total. The highest BCUT2D eigenvalue weighted by Crippen LogP contribution is 2.40. The highest BCUT2D eigenvalue weighted by Gasteiger charge is 2.53. The van der Waals surface area contributed by atoms with Gasteiger partial charge < -0.3 is 39.8 Å². The van der Waals surface area contributed by atoms with Crippen LogP contribution in [0.15, 0.2) is 12.5 Å². The molecule has 0 amide bonds. The van der Waals surface area contributed by atoms with E-state index in [0.717, 1.165) is 0 Å². The van der Waals surface area contributed by atoms with Gasteiger partial charge in [0.05, 0.1) is 17.6 Å². The first kappa shape index (κ1) is 21.4. The van der Waals surface area contributed by atoms with Crippen molar-refractivity contribution in [3.05, 3.63) is 18.1 Å². The summed E-state index contributed by atoms with van der Waals surface area (Å²) in [6.45, 7) is 5.54.